The molecule has 0 atom stereocenters. The summed E-state index contributed by atoms with van der Waals surface area (Å²) < 4.78 is 4.34. The Balaban J connectivity index is 2.16. The Labute approximate surface area is 97.0 Å². The zero-order chi connectivity index (χ0) is 11.5. The number of esters is 2. The van der Waals surface area contributed by atoms with Gasteiger partial charge in [0.2, 0.25) is 0 Å². The molecule has 0 spiro atoms. The van der Waals surface area contributed by atoms with E-state index in [2.05, 4.69) is 4.74 Å². The van der Waals surface area contributed by atoms with Gasteiger partial charge in [0.15, 0.2) is 0 Å². The smallest absolute Gasteiger partial charge is 0.346 e. The minimum atomic E-state index is -0.624. The maximum absolute atomic E-state index is 11.1. The van der Waals surface area contributed by atoms with Gasteiger partial charge in [0.25, 0.3) is 0 Å². The monoisotopic (exact) mass is 234 g/mol. The molecule has 0 aliphatic carbocycles. The van der Waals surface area contributed by atoms with E-state index in [-0.39, 0.29) is 5.57 Å². The van der Waals surface area contributed by atoms with Crippen molar-refractivity contribution in [2.24, 2.45) is 0 Å². The van der Waals surface area contributed by atoms with Crippen molar-refractivity contribution in [3.63, 3.8) is 0 Å². The van der Waals surface area contributed by atoms with Crippen LogP contribution in [-0.4, -0.2) is 11.9 Å². The molecular weight excluding hydrogens is 228 g/mol. The number of carbonyl (C=O) groups is 2. The number of cyclic esters (lactones) is 2. The number of benzene rings is 1. The molecule has 0 fully saturated rings. The average molecular weight is 235 g/mol. The minimum absolute atomic E-state index is 0.250. The summed E-state index contributed by atoms with van der Waals surface area (Å²) in [6, 6.07) is 7.10. The van der Waals surface area contributed by atoms with E-state index in [0.29, 0.717) is 5.02 Å². The van der Waals surface area contributed by atoms with Gasteiger partial charge in [-0.15, -0.1) is 0 Å². The summed E-state index contributed by atoms with van der Waals surface area (Å²) in [7, 11) is 0. The highest BCUT2D eigenvalue weighted by Crippen LogP contribution is 2.14. The Morgan fingerprint density at radius 2 is 1.75 bits per heavy atom. The summed E-state index contributed by atoms with van der Waals surface area (Å²) in [5.74, 6) is -1.24. The fourth-order valence-electron chi connectivity index (χ4n) is 1.24. The number of hydrogen-bond donors (Lipinski definition) is 0. The number of halogens is 1. The fourth-order valence-corrected chi connectivity index (χ4v) is 1.37. The van der Waals surface area contributed by atoms with Gasteiger partial charge < -0.3 is 4.74 Å². The topological polar surface area (TPSA) is 43.4 Å². The van der Waals surface area contributed by atoms with Crippen LogP contribution in [0, 0.1) is 0 Å². The SMILES string of the molecule is O=C1C=C(/C=C/c2ccc(Cl)cc2)C(=O)O1. The van der Waals surface area contributed by atoms with Gasteiger partial charge in [0, 0.05) is 11.1 Å². The molecule has 16 heavy (non-hydrogen) atoms. The van der Waals surface area contributed by atoms with Crippen LogP contribution in [0.1, 0.15) is 5.56 Å². The molecule has 0 bridgehead atoms. The van der Waals surface area contributed by atoms with Crippen molar-refractivity contribution < 1.29 is 14.3 Å². The molecule has 0 aromatic heterocycles. The lowest BCUT2D eigenvalue weighted by molar-refractivity contribution is -0.150. The lowest BCUT2D eigenvalue weighted by Gasteiger charge is -1.93. The van der Waals surface area contributed by atoms with Crippen LogP contribution in [0.5, 0.6) is 0 Å². The highest BCUT2D eigenvalue weighted by Gasteiger charge is 2.20. The second-order valence-electron chi connectivity index (χ2n) is 3.19. The van der Waals surface area contributed by atoms with Gasteiger partial charge in [0.1, 0.15) is 0 Å². The van der Waals surface area contributed by atoms with Crippen molar-refractivity contribution in [2.45, 2.75) is 0 Å². The Hall–Kier alpha value is -1.87. The van der Waals surface area contributed by atoms with E-state index in [9.17, 15) is 9.59 Å². The second kappa shape index (κ2) is 4.33. The zero-order valence-corrected chi connectivity index (χ0v) is 8.90. The van der Waals surface area contributed by atoms with Gasteiger partial charge in [-0.3, -0.25) is 0 Å². The lowest BCUT2D eigenvalue weighted by Crippen LogP contribution is -2.00. The Kier molecular flexibility index (Phi) is 2.88. The normalized spacial score (nSPS) is 15.4. The van der Waals surface area contributed by atoms with Crippen LogP contribution >= 0.6 is 11.6 Å². The highest BCUT2D eigenvalue weighted by molar-refractivity contribution is 6.30. The fraction of sp³-hybridized carbons (Fsp3) is 0. The van der Waals surface area contributed by atoms with Gasteiger partial charge in [-0.25, -0.2) is 9.59 Å². The molecule has 2 rings (SSSR count). The van der Waals surface area contributed by atoms with Crippen LogP contribution in [-0.2, 0) is 14.3 Å². The molecule has 0 unspecified atom stereocenters. The molecule has 0 saturated carbocycles. The first-order valence-corrected chi connectivity index (χ1v) is 4.94. The van der Waals surface area contributed by atoms with E-state index in [1.54, 1.807) is 18.2 Å². The third-order valence-corrected chi connectivity index (χ3v) is 2.28. The summed E-state index contributed by atoms with van der Waals surface area (Å²) in [6.45, 7) is 0. The first kappa shape index (κ1) is 10.6. The van der Waals surface area contributed by atoms with Crippen LogP contribution in [0.4, 0.5) is 0 Å². The standard InChI is InChI=1S/C12H7ClO3/c13-10-5-2-8(3-6-10)1-4-9-7-11(14)16-12(9)15/h1-7H/b4-1+. The summed E-state index contributed by atoms with van der Waals surface area (Å²) in [4.78, 5) is 21.8. The second-order valence-corrected chi connectivity index (χ2v) is 3.63. The molecule has 80 valence electrons. The van der Waals surface area contributed by atoms with Gasteiger partial charge >= 0.3 is 11.9 Å². The van der Waals surface area contributed by atoms with Crippen molar-refractivity contribution in [3.8, 4) is 0 Å². The van der Waals surface area contributed by atoms with E-state index >= 15 is 0 Å². The third-order valence-electron chi connectivity index (χ3n) is 2.03. The largest absolute Gasteiger partial charge is 0.386 e. The van der Waals surface area contributed by atoms with Crippen molar-refractivity contribution in [3.05, 3.63) is 52.6 Å². The number of carbonyl (C=O) groups excluding carboxylic acids is 2. The molecule has 1 aromatic rings. The number of ether oxygens (including phenoxy) is 1. The first-order chi connectivity index (χ1) is 7.65. The molecule has 0 radical (unpaired) electrons. The Morgan fingerprint density at radius 3 is 2.31 bits per heavy atom. The lowest BCUT2D eigenvalue weighted by atomic mass is 10.1. The molecule has 0 amide bonds. The van der Waals surface area contributed by atoms with E-state index in [1.807, 2.05) is 12.1 Å². The van der Waals surface area contributed by atoms with Crippen LogP contribution in [0.15, 0.2) is 42.0 Å². The van der Waals surface area contributed by atoms with Crippen LogP contribution in [0.3, 0.4) is 0 Å². The maximum Gasteiger partial charge on any atom is 0.346 e. The molecular formula is C12H7ClO3. The van der Waals surface area contributed by atoms with E-state index < -0.39 is 11.9 Å². The Morgan fingerprint density at radius 1 is 1.06 bits per heavy atom. The van der Waals surface area contributed by atoms with E-state index in [1.165, 1.54) is 6.08 Å². The average Bonchev–Trinajstić information content (AvgIpc) is 2.57. The van der Waals surface area contributed by atoms with Crippen LogP contribution in [0.2, 0.25) is 5.02 Å². The van der Waals surface area contributed by atoms with Crippen molar-refractivity contribution in [2.75, 3.05) is 0 Å². The zero-order valence-electron chi connectivity index (χ0n) is 8.14. The molecule has 1 aromatic carbocycles. The summed E-state index contributed by atoms with van der Waals surface area (Å²) in [6.07, 6.45) is 4.41. The number of rotatable bonds is 2. The van der Waals surface area contributed by atoms with Crippen molar-refractivity contribution in [1.82, 2.24) is 0 Å². The quantitative estimate of drug-likeness (QED) is 0.583. The molecule has 1 aliphatic rings. The molecule has 0 saturated heterocycles. The summed E-state index contributed by atoms with van der Waals surface area (Å²) in [5, 5.41) is 0.645. The number of hydrogen-bond acceptors (Lipinski definition) is 3. The molecule has 0 N–H and O–H groups in total. The van der Waals surface area contributed by atoms with E-state index in [4.69, 9.17) is 11.6 Å². The molecule has 4 heteroatoms. The minimum Gasteiger partial charge on any atom is -0.386 e. The van der Waals surface area contributed by atoms with Gasteiger partial charge in [-0.1, -0.05) is 29.8 Å². The summed E-state index contributed by atoms with van der Waals surface area (Å²) >= 11 is 5.73. The van der Waals surface area contributed by atoms with Gasteiger partial charge in [-0.05, 0) is 23.8 Å². The molecule has 3 nitrogen and oxygen atoms in total. The maximum atomic E-state index is 11.1. The van der Waals surface area contributed by atoms with Crippen molar-refractivity contribution >= 4 is 29.6 Å². The molecule has 1 aliphatic heterocycles. The third kappa shape index (κ3) is 2.38. The van der Waals surface area contributed by atoms with Crippen molar-refractivity contribution in [1.29, 1.82) is 0 Å². The van der Waals surface area contributed by atoms with Gasteiger partial charge in [-0.2, -0.15) is 0 Å². The summed E-state index contributed by atoms with van der Waals surface area (Å²) in [5.41, 5.74) is 1.14. The Bertz CT molecular complexity index is 498. The highest BCUT2D eigenvalue weighted by atomic mass is 35.5. The van der Waals surface area contributed by atoms with Crippen LogP contribution < -0.4 is 0 Å². The molecule has 1 heterocycles. The first-order valence-electron chi connectivity index (χ1n) is 4.56. The van der Waals surface area contributed by atoms with E-state index in [0.717, 1.165) is 11.6 Å². The predicted octanol–water partition coefficient (Wildman–Crippen LogP) is 2.36. The van der Waals surface area contributed by atoms with Gasteiger partial charge in [0.05, 0.1) is 5.57 Å². The predicted molar refractivity (Wildman–Crippen MR) is 59.7 cm³/mol. The van der Waals surface area contributed by atoms with Crippen LogP contribution in [0.25, 0.3) is 6.08 Å².